The molecule has 0 spiro atoms. The SMILES string of the molecule is CCSc1nc(=O)n(C(C)(C)C)c(=O)n1Cc1cc(F)c(F)c(F)c1. The second-order valence-corrected chi connectivity index (χ2v) is 7.59. The predicted molar refractivity (Wildman–Crippen MR) is 89.6 cm³/mol. The van der Waals surface area contributed by atoms with Gasteiger partial charge >= 0.3 is 11.4 Å². The molecule has 0 fully saturated rings. The van der Waals surface area contributed by atoms with Crippen molar-refractivity contribution in [3.05, 3.63) is 56.1 Å². The van der Waals surface area contributed by atoms with Gasteiger partial charge in [0, 0.05) is 5.54 Å². The summed E-state index contributed by atoms with van der Waals surface area (Å²) in [6, 6.07) is 1.63. The molecule has 0 aliphatic rings. The van der Waals surface area contributed by atoms with E-state index in [0.29, 0.717) is 5.75 Å². The number of rotatable bonds is 4. The Hall–Kier alpha value is -2.03. The third kappa shape index (κ3) is 3.97. The zero-order valence-electron chi connectivity index (χ0n) is 14.3. The molecule has 9 heteroatoms. The normalized spacial score (nSPS) is 11.8. The maximum absolute atomic E-state index is 13.4. The van der Waals surface area contributed by atoms with E-state index in [4.69, 9.17) is 0 Å². The summed E-state index contributed by atoms with van der Waals surface area (Å²) in [7, 11) is 0. The largest absolute Gasteiger partial charge is 0.354 e. The summed E-state index contributed by atoms with van der Waals surface area (Å²) in [5.41, 5.74) is -2.11. The van der Waals surface area contributed by atoms with E-state index in [2.05, 4.69) is 4.98 Å². The Bertz CT molecular complexity index is 893. The van der Waals surface area contributed by atoms with Crippen LogP contribution in [-0.4, -0.2) is 19.9 Å². The van der Waals surface area contributed by atoms with Gasteiger partial charge in [0.1, 0.15) is 0 Å². The van der Waals surface area contributed by atoms with Gasteiger partial charge in [-0.25, -0.2) is 27.3 Å². The molecule has 2 aromatic rings. The highest BCUT2D eigenvalue weighted by molar-refractivity contribution is 7.99. The van der Waals surface area contributed by atoms with Crippen molar-refractivity contribution in [2.24, 2.45) is 0 Å². The van der Waals surface area contributed by atoms with Crippen molar-refractivity contribution in [2.75, 3.05) is 5.75 Å². The maximum Gasteiger partial charge on any atom is 0.354 e. The van der Waals surface area contributed by atoms with Crippen LogP contribution in [0.1, 0.15) is 33.3 Å². The first-order chi connectivity index (χ1) is 11.6. The number of hydrogen-bond acceptors (Lipinski definition) is 4. The lowest BCUT2D eigenvalue weighted by atomic mass is 10.1. The zero-order chi connectivity index (χ0) is 18.9. The Morgan fingerprint density at radius 3 is 2.16 bits per heavy atom. The van der Waals surface area contributed by atoms with Crippen molar-refractivity contribution in [2.45, 2.75) is 44.9 Å². The number of thioether (sulfide) groups is 1. The molecule has 0 unspecified atom stereocenters. The Morgan fingerprint density at radius 1 is 1.12 bits per heavy atom. The number of halogens is 3. The van der Waals surface area contributed by atoms with Gasteiger partial charge in [-0.2, -0.15) is 4.98 Å². The van der Waals surface area contributed by atoms with Gasteiger partial charge in [-0.05, 0) is 44.2 Å². The van der Waals surface area contributed by atoms with Crippen LogP contribution in [0.5, 0.6) is 0 Å². The van der Waals surface area contributed by atoms with E-state index in [1.54, 1.807) is 20.8 Å². The van der Waals surface area contributed by atoms with Crippen molar-refractivity contribution < 1.29 is 13.2 Å². The predicted octanol–water partition coefficient (Wildman–Crippen LogP) is 2.74. The number of benzene rings is 1. The van der Waals surface area contributed by atoms with Gasteiger partial charge in [0.2, 0.25) is 0 Å². The smallest absolute Gasteiger partial charge is 0.268 e. The third-order valence-electron chi connectivity index (χ3n) is 3.36. The molecule has 0 saturated heterocycles. The average Bonchev–Trinajstić information content (AvgIpc) is 2.47. The molecular weight excluding hydrogens is 355 g/mol. The molecule has 1 heterocycles. The standard InChI is InChI=1S/C16H18F3N3O2S/c1-5-25-14-20-13(23)22(16(2,3)4)15(24)21(14)8-9-6-10(17)12(19)11(18)7-9/h6-7H,5,8H2,1-4H3. The second kappa shape index (κ2) is 7.07. The summed E-state index contributed by atoms with van der Waals surface area (Å²) in [5, 5.41) is 0.142. The summed E-state index contributed by atoms with van der Waals surface area (Å²) < 4.78 is 42.1. The van der Waals surface area contributed by atoms with Crippen LogP contribution < -0.4 is 11.4 Å². The van der Waals surface area contributed by atoms with Gasteiger partial charge in [-0.15, -0.1) is 0 Å². The molecule has 0 atom stereocenters. The fourth-order valence-electron chi connectivity index (χ4n) is 2.31. The molecule has 0 radical (unpaired) electrons. The Balaban J connectivity index is 2.67. The molecule has 5 nitrogen and oxygen atoms in total. The Kier molecular flexibility index (Phi) is 5.46. The summed E-state index contributed by atoms with van der Waals surface area (Å²) in [6.45, 7) is 6.59. The number of hydrogen-bond donors (Lipinski definition) is 0. The molecule has 25 heavy (non-hydrogen) atoms. The first-order valence-corrected chi connectivity index (χ1v) is 8.55. The van der Waals surface area contributed by atoms with Crippen molar-refractivity contribution in [3.8, 4) is 0 Å². The minimum absolute atomic E-state index is 0.0531. The Labute approximate surface area is 146 Å². The Morgan fingerprint density at radius 2 is 1.68 bits per heavy atom. The van der Waals surface area contributed by atoms with Gasteiger partial charge in [0.25, 0.3) is 0 Å². The number of nitrogens with zero attached hydrogens (tertiary/aromatic N) is 3. The minimum Gasteiger partial charge on any atom is -0.268 e. The molecule has 0 N–H and O–H groups in total. The monoisotopic (exact) mass is 373 g/mol. The van der Waals surface area contributed by atoms with Gasteiger partial charge < -0.3 is 0 Å². The van der Waals surface area contributed by atoms with Crippen molar-refractivity contribution in [3.63, 3.8) is 0 Å². The fourth-order valence-corrected chi connectivity index (χ4v) is 3.01. The highest BCUT2D eigenvalue weighted by Gasteiger charge is 2.23. The average molecular weight is 373 g/mol. The highest BCUT2D eigenvalue weighted by Crippen LogP contribution is 2.18. The molecule has 0 amide bonds. The van der Waals surface area contributed by atoms with E-state index >= 15 is 0 Å². The van der Waals surface area contributed by atoms with Crippen molar-refractivity contribution in [1.82, 2.24) is 14.1 Å². The van der Waals surface area contributed by atoms with E-state index in [9.17, 15) is 22.8 Å². The van der Waals surface area contributed by atoms with E-state index in [1.807, 2.05) is 6.92 Å². The van der Waals surface area contributed by atoms with Crippen molar-refractivity contribution >= 4 is 11.8 Å². The lowest BCUT2D eigenvalue weighted by Crippen LogP contribution is -2.49. The maximum atomic E-state index is 13.4. The van der Waals surface area contributed by atoms with Crippen LogP contribution in [0.15, 0.2) is 26.9 Å². The molecule has 1 aromatic carbocycles. The molecule has 0 bridgehead atoms. The van der Waals surface area contributed by atoms with Crippen LogP contribution in [0.4, 0.5) is 13.2 Å². The van der Waals surface area contributed by atoms with Crippen LogP contribution in [-0.2, 0) is 12.1 Å². The molecule has 0 aliphatic heterocycles. The highest BCUT2D eigenvalue weighted by atomic mass is 32.2. The van der Waals surface area contributed by atoms with Crippen LogP contribution in [0.3, 0.4) is 0 Å². The van der Waals surface area contributed by atoms with Crippen LogP contribution in [0, 0.1) is 17.5 Å². The lowest BCUT2D eigenvalue weighted by molar-refractivity contribution is 0.336. The van der Waals surface area contributed by atoms with Gasteiger partial charge in [-0.3, -0.25) is 4.57 Å². The molecule has 136 valence electrons. The summed E-state index contributed by atoms with van der Waals surface area (Å²) in [5.74, 6) is -3.72. The topological polar surface area (TPSA) is 56.9 Å². The minimum atomic E-state index is -1.57. The van der Waals surface area contributed by atoms with Crippen LogP contribution >= 0.6 is 11.8 Å². The van der Waals surface area contributed by atoms with E-state index in [-0.39, 0.29) is 17.3 Å². The number of aromatic nitrogens is 3. The van der Waals surface area contributed by atoms with E-state index < -0.39 is 34.4 Å². The summed E-state index contributed by atoms with van der Waals surface area (Å²) >= 11 is 1.16. The molecular formula is C16H18F3N3O2S. The molecule has 0 aliphatic carbocycles. The lowest BCUT2D eigenvalue weighted by Gasteiger charge is -2.22. The van der Waals surface area contributed by atoms with Crippen molar-refractivity contribution in [1.29, 1.82) is 0 Å². The first kappa shape index (κ1) is 19.3. The summed E-state index contributed by atoms with van der Waals surface area (Å²) in [4.78, 5) is 28.9. The van der Waals surface area contributed by atoms with Crippen LogP contribution in [0.25, 0.3) is 0 Å². The van der Waals surface area contributed by atoms with Crippen LogP contribution in [0.2, 0.25) is 0 Å². The van der Waals surface area contributed by atoms with Gasteiger partial charge in [0.15, 0.2) is 22.6 Å². The third-order valence-corrected chi connectivity index (χ3v) is 4.22. The van der Waals surface area contributed by atoms with E-state index in [0.717, 1.165) is 33.0 Å². The van der Waals surface area contributed by atoms with E-state index in [1.165, 1.54) is 0 Å². The van der Waals surface area contributed by atoms with Gasteiger partial charge in [0.05, 0.1) is 6.54 Å². The second-order valence-electron chi connectivity index (χ2n) is 6.36. The fraction of sp³-hybridized carbons (Fsp3) is 0.438. The first-order valence-electron chi connectivity index (χ1n) is 7.56. The molecule has 1 aromatic heterocycles. The molecule has 0 saturated carbocycles. The quantitative estimate of drug-likeness (QED) is 0.611. The van der Waals surface area contributed by atoms with Gasteiger partial charge in [-0.1, -0.05) is 18.7 Å². The summed E-state index contributed by atoms with van der Waals surface area (Å²) in [6.07, 6.45) is 0. The molecule has 2 rings (SSSR count). The zero-order valence-corrected chi connectivity index (χ0v) is 15.1.